The highest BCUT2D eigenvalue weighted by molar-refractivity contribution is 5.90. The van der Waals surface area contributed by atoms with Gasteiger partial charge in [0, 0.05) is 0 Å². The number of rotatable bonds is 2. The Kier molecular flexibility index (Phi) is 6.05. The third-order valence-corrected chi connectivity index (χ3v) is 3.84. The SMILES string of the molecule is O=C(OC(=O)[C@H]1O[C@@H](O)[C@H](O)[C@@H](O)[C@@H]1O)[C@H]1O[C@@H](O)[C@H](O)[C@@H](O)[C@@H]1O. The van der Waals surface area contributed by atoms with Crippen LogP contribution in [0.5, 0.6) is 0 Å². The highest BCUT2D eigenvalue weighted by Crippen LogP contribution is 2.23. The molecule has 10 atom stereocenters. The maximum Gasteiger partial charge on any atom is 0.345 e. The van der Waals surface area contributed by atoms with Gasteiger partial charge in [0.15, 0.2) is 24.8 Å². The van der Waals surface area contributed by atoms with Gasteiger partial charge in [-0.2, -0.15) is 0 Å². The molecule has 2 aliphatic heterocycles. The van der Waals surface area contributed by atoms with Crippen molar-refractivity contribution in [2.45, 2.75) is 61.4 Å². The molecule has 25 heavy (non-hydrogen) atoms. The molecule has 0 spiro atoms. The molecule has 2 rings (SSSR count). The Morgan fingerprint density at radius 1 is 0.560 bits per heavy atom. The molecule has 0 saturated carbocycles. The lowest BCUT2D eigenvalue weighted by atomic mass is 9.98. The molecule has 2 aliphatic rings. The van der Waals surface area contributed by atoms with Gasteiger partial charge in [0.05, 0.1) is 0 Å². The van der Waals surface area contributed by atoms with Crippen molar-refractivity contribution in [3.8, 4) is 0 Å². The van der Waals surface area contributed by atoms with Gasteiger partial charge in [-0.3, -0.25) is 0 Å². The van der Waals surface area contributed by atoms with Crippen LogP contribution in [-0.2, 0) is 23.8 Å². The van der Waals surface area contributed by atoms with Crippen LogP contribution in [0.25, 0.3) is 0 Å². The Hall–Kier alpha value is -1.26. The number of aliphatic hydroxyl groups excluding tert-OH is 8. The van der Waals surface area contributed by atoms with E-state index < -0.39 is 73.4 Å². The minimum atomic E-state index is -2.06. The molecule has 0 aromatic carbocycles. The zero-order valence-corrected chi connectivity index (χ0v) is 12.4. The van der Waals surface area contributed by atoms with Gasteiger partial charge in [-0.1, -0.05) is 0 Å². The fourth-order valence-corrected chi connectivity index (χ4v) is 2.33. The van der Waals surface area contributed by atoms with Crippen LogP contribution in [-0.4, -0.2) is 114 Å². The molecule has 13 nitrogen and oxygen atoms in total. The Morgan fingerprint density at radius 2 is 0.880 bits per heavy atom. The molecular formula is C12H18O13. The first kappa shape index (κ1) is 20.1. The summed E-state index contributed by atoms with van der Waals surface area (Å²) in [5.74, 6) is -3.21. The van der Waals surface area contributed by atoms with E-state index in [0.29, 0.717) is 0 Å². The number of carbonyl (C=O) groups is 2. The molecule has 0 amide bonds. The molecule has 13 heteroatoms. The summed E-state index contributed by atoms with van der Waals surface area (Å²) in [4.78, 5) is 23.7. The zero-order chi connectivity index (χ0) is 19.0. The lowest BCUT2D eigenvalue weighted by Crippen LogP contribution is -2.62. The standard InChI is InChI=1S/C12H18O13/c13-1-3(15)7(23-9(19)5(1)17)11(21)25-12(22)8-4(16)2(14)6(18)10(20)24-8/h1-10,13-20H/t1-,2-,3-,4-,5+,6+,7-,8-,9+,10+/m0/s1. The summed E-state index contributed by atoms with van der Waals surface area (Å²) in [6.45, 7) is 0. The van der Waals surface area contributed by atoms with Gasteiger partial charge in [-0.25, -0.2) is 9.59 Å². The number of aliphatic hydroxyl groups is 8. The first-order chi connectivity index (χ1) is 11.6. The van der Waals surface area contributed by atoms with Gasteiger partial charge in [0.2, 0.25) is 0 Å². The fourth-order valence-electron chi connectivity index (χ4n) is 2.33. The number of carbonyl (C=O) groups excluding carboxylic acids is 2. The summed E-state index contributed by atoms with van der Waals surface area (Å²) >= 11 is 0. The van der Waals surface area contributed by atoms with Crippen molar-refractivity contribution < 1.29 is 64.7 Å². The topological polar surface area (TPSA) is 224 Å². The lowest BCUT2D eigenvalue weighted by molar-refractivity contribution is -0.287. The smallest absolute Gasteiger partial charge is 0.345 e. The summed E-state index contributed by atoms with van der Waals surface area (Å²) in [6, 6.07) is 0. The summed E-state index contributed by atoms with van der Waals surface area (Å²) in [5.41, 5.74) is 0. The van der Waals surface area contributed by atoms with E-state index in [-0.39, 0.29) is 0 Å². The van der Waals surface area contributed by atoms with Crippen LogP contribution in [0.4, 0.5) is 0 Å². The predicted octanol–water partition coefficient (Wildman–Crippen LogP) is -6.34. The van der Waals surface area contributed by atoms with E-state index in [4.69, 9.17) is 0 Å². The van der Waals surface area contributed by atoms with Gasteiger partial charge < -0.3 is 55.1 Å². The van der Waals surface area contributed by atoms with Crippen LogP contribution < -0.4 is 0 Å². The second-order valence-corrected chi connectivity index (χ2v) is 5.58. The molecule has 0 aromatic heterocycles. The predicted molar refractivity (Wildman–Crippen MR) is 68.9 cm³/mol. The third kappa shape index (κ3) is 3.80. The van der Waals surface area contributed by atoms with E-state index in [9.17, 15) is 50.4 Å². The van der Waals surface area contributed by atoms with Crippen molar-refractivity contribution in [3.63, 3.8) is 0 Å². The summed E-state index contributed by atoms with van der Waals surface area (Å²) in [6.07, 6.45) is -20.1. The third-order valence-electron chi connectivity index (χ3n) is 3.84. The molecular weight excluding hydrogens is 352 g/mol. The quantitative estimate of drug-likeness (QED) is 0.167. The molecule has 0 radical (unpaired) electrons. The minimum absolute atomic E-state index is 1.60. The van der Waals surface area contributed by atoms with Crippen molar-refractivity contribution in [1.29, 1.82) is 0 Å². The number of hydrogen-bond acceptors (Lipinski definition) is 13. The lowest BCUT2D eigenvalue weighted by Gasteiger charge is -2.38. The number of esters is 2. The number of hydrogen-bond donors (Lipinski definition) is 8. The normalized spacial score (nSPS) is 48.0. The van der Waals surface area contributed by atoms with Gasteiger partial charge >= 0.3 is 11.9 Å². The van der Waals surface area contributed by atoms with Crippen LogP contribution in [0.3, 0.4) is 0 Å². The van der Waals surface area contributed by atoms with E-state index in [0.717, 1.165) is 0 Å². The molecule has 2 fully saturated rings. The molecule has 0 bridgehead atoms. The second kappa shape index (κ2) is 7.55. The molecule has 0 unspecified atom stereocenters. The van der Waals surface area contributed by atoms with Crippen molar-refractivity contribution in [2.75, 3.05) is 0 Å². The van der Waals surface area contributed by atoms with E-state index in [1.807, 2.05) is 0 Å². The second-order valence-electron chi connectivity index (χ2n) is 5.58. The molecule has 2 heterocycles. The molecule has 8 N–H and O–H groups in total. The highest BCUT2D eigenvalue weighted by Gasteiger charge is 2.50. The zero-order valence-electron chi connectivity index (χ0n) is 12.4. The first-order valence-corrected chi connectivity index (χ1v) is 7.07. The van der Waals surface area contributed by atoms with Crippen molar-refractivity contribution >= 4 is 11.9 Å². The summed E-state index contributed by atoms with van der Waals surface area (Å²) in [7, 11) is 0. The van der Waals surface area contributed by atoms with Gasteiger partial charge in [0.1, 0.15) is 36.6 Å². The van der Waals surface area contributed by atoms with Crippen LogP contribution in [0.1, 0.15) is 0 Å². The maximum atomic E-state index is 11.8. The summed E-state index contributed by atoms with van der Waals surface area (Å²) in [5, 5.41) is 75.4. The first-order valence-electron chi connectivity index (χ1n) is 7.07. The van der Waals surface area contributed by atoms with E-state index in [2.05, 4.69) is 14.2 Å². The van der Waals surface area contributed by atoms with Crippen LogP contribution in [0.2, 0.25) is 0 Å². The molecule has 0 aromatic rings. The largest absolute Gasteiger partial charge is 0.389 e. The van der Waals surface area contributed by atoms with Gasteiger partial charge in [0.25, 0.3) is 0 Å². The van der Waals surface area contributed by atoms with Crippen molar-refractivity contribution in [2.24, 2.45) is 0 Å². The Bertz CT molecular complexity index is 467. The number of ether oxygens (including phenoxy) is 3. The minimum Gasteiger partial charge on any atom is -0.389 e. The van der Waals surface area contributed by atoms with E-state index in [1.54, 1.807) is 0 Å². The van der Waals surface area contributed by atoms with Crippen LogP contribution >= 0.6 is 0 Å². The molecule has 0 aliphatic carbocycles. The Labute approximate surface area is 139 Å². The average Bonchev–Trinajstić information content (AvgIpc) is 2.57. The monoisotopic (exact) mass is 370 g/mol. The molecule has 2 saturated heterocycles. The van der Waals surface area contributed by atoms with Crippen LogP contribution in [0.15, 0.2) is 0 Å². The average molecular weight is 370 g/mol. The Balaban J connectivity index is 2.03. The van der Waals surface area contributed by atoms with E-state index >= 15 is 0 Å². The van der Waals surface area contributed by atoms with Gasteiger partial charge in [-0.05, 0) is 0 Å². The summed E-state index contributed by atoms with van der Waals surface area (Å²) < 4.78 is 13.4. The van der Waals surface area contributed by atoms with Crippen LogP contribution in [0, 0.1) is 0 Å². The Morgan fingerprint density at radius 3 is 1.20 bits per heavy atom. The van der Waals surface area contributed by atoms with Gasteiger partial charge in [-0.15, -0.1) is 0 Å². The van der Waals surface area contributed by atoms with Crippen molar-refractivity contribution in [1.82, 2.24) is 0 Å². The molecule has 144 valence electrons. The highest BCUT2D eigenvalue weighted by atomic mass is 16.7. The van der Waals surface area contributed by atoms with E-state index in [1.165, 1.54) is 0 Å². The van der Waals surface area contributed by atoms with Crippen molar-refractivity contribution in [3.05, 3.63) is 0 Å². The maximum absolute atomic E-state index is 11.8. The fraction of sp³-hybridized carbons (Fsp3) is 0.833.